The molecule has 1 aromatic heterocycles. The molecule has 1 aromatic carbocycles. The number of hydrogen-bond donors (Lipinski definition) is 1. The average Bonchev–Trinajstić information content (AvgIpc) is 2.65. The van der Waals surface area contributed by atoms with E-state index in [0.29, 0.717) is 12.1 Å². The van der Waals surface area contributed by atoms with Gasteiger partial charge in [-0.3, -0.25) is 0 Å². The van der Waals surface area contributed by atoms with Crippen molar-refractivity contribution in [1.29, 1.82) is 0 Å². The molecule has 0 spiro atoms. The van der Waals surface area contributed by atoms with Gasteiger partial charge in [-0.15, -0.1) is 0 Å². The standard InChI is InChI=1S/C14H18BrN3S/c1-9-4-3-5-10(2)17(9)18-13-7-6-11(15)8-12(13)16-14(18)19/h6-10H,3-5H2,1-2H3,(H,16,19). The van der Waals surface area contributed by atoms with E-state index in [1.165, 1.54) is 19.3 Å². The highest BCUT2D eigenvalue weighted by atomic mass is 79.9. The van der Waals surface area contributed by atoms with Crippen LogP contribution in [0.5, 0.6) is 0 Å². The van der Waals surface area contributed by atoms with Gasteiger partial charge in [0.1, 0.15) is 0 Å². The topological polar surface area (TPSA) is 24.0 Å². The van der Waals surface area contributed by atoms with E-state index in [9.17, 15) is 0 Å². The van der Waals surface area contributed by atoms with Crippen molar-refractivity contribution < 1.29 is 0 Å². The number of imidazole rings is 1. The number of aromatic amines is 1. The third-order valence-electron chi connectivity index (χ3n) is 4.00. The Kier molecular flexibility index (Phi) is 3.43. The van der Waals surface area contributed by atoms with Gasteiger partial charge in [0.05, 0.1) is 11.0 Å². The van der Waals surface area contributed by atoms with Crippen LogP contribution in [0.3, 0.4) is 0 Å². The third-order valence-corrected chi connectivity index (χ3v) is 4.77. The number of H-pyrrole nitrogens is 1. The van der Waals surface area contributed by atoms with Crippen LogP contribution in [-0.4, -0.2) is 21.7 Å². The Labute approximate surface area is 126 Å². The summed E-state index contributed by atoms with van der Waals surface area (Å²) in [4.78, 5) is 3.31. The van der Waals surface area contributed by atoms with Crippen LogP contribution in [0.2, 0.25) is 0 Å². The predicted molar refractivity (Wildman–Crippen MR) is 85.8 cm³/mol. The molecule has 0 amide bonds. The molecular weight excluding hydrogens is 322 g/mol. The fraction of sp³-hybridized carbons (Fsp3) is 0.500. The molecule has 1 N–H and O–H groups in total. The van der Waals surface area contributed by atoms with E-state index in [0.717, 1.165) is 20.3 Å². The average molecular weight is 340 g/mol. The van der Waals surface area contributed by atoms with Gasteiger partial charge < -0.3 is 9.99 Å². The van der Waals surface area contributed by atoms with Crippen LogP contribution < -0.4 is 5.01 Å². The van der Waals surface area contributed by atoms with Gasteiger partial charge in [-0.05, 0) is 63.5 Å². The zero-order chi connectivity index (χ0) is 13.6. The zero-order valence-electron chi connectivity index (χ0n) is 11.2. The normalized spacial score (nSPS) is 24.1. The summed E-state index contributed by atoms with van der Waals surface area (Å²) in [5.41, 5.74) is 2.25. The lowest BCUT2D eigenvalue weighted by molar-refractivity contribution is 0.339. The Morgan fingerprint density at radius 2 is 1.95 bits per heavy atom. The first-order chi connectivity index (χ1) is 9.08. The maximum atomic E-state index is 5.53. The quantitative estimate of drug-likeness (QED) is 0.780. The number of rotatable bonds is 1. The summed E-state index contributed by atoms with van der Waals surface area (Å²) in [6.07, 6.45) is 3.77. The molecule has 3 rings (SSSR count). The number of nitrogens with zero attached hydrogens (tertiary/aromatic N) is 2. The Hall–Kier alpha value is -0.810. The van der Waals surface area contributed by atoms with Crippen molar-refractivity contribution >= 4 is 39.2 Å². The molecule has 1 fully saturated rings. The van der Waals surface area contributed by atoms with E-state index in [1.54, 1.807) is 0 Å². The zero-order valence-corrected chi connectivity index (χ0v) is 13.6. The van der Waals surface area contributed by atoms with Gasteiger partial charge in [0.2, 0.25) is 0 Å². The number of benzene rings is 1. The monoisotopic (exact) mass is 339 g/mol. The molecule has 2 aromatic rings. The van der Waals surface area contributed by atoms with Crippen molar-refractivity contribution in [2.24, 2.45) is 0 Å². The van der Waals surface area contributed by atoms with Crippen LogP contribution in [0.4, 0.5) is 0 Å². The molecule has 5 heteroatoms. The molecule has 1 saturated heterocycles. The summed E-state index contributed by atoms with van der Waals surface area (Å²) in [6.45, 7) is 4.57. The Bertz CT molecular complexity index is 650. The van der Waals surface area contributed by atoms with Crippen molar-refractivity contribution in [3.8, 4) is 0 Å². The fourth-order valence-electron chi connectivity index (χ4n) is 3.10. The molecule has 1 aliphatic rings. The highest BCUT2D eigenvalue weighted by Crippen LogP contribution is 2.26. The van der Waals surface area contributed by atoms with E-state index < -0.39 is 0 Å². The highest BCUT2D eigenvalue weighted by Gasteiger charge is 2.26. The van der Waals surface area contributed by atoms with Gasteiger partial charge in [0.15, 0.2) is 4.77 Å². The first-order valence-corrected chi connectivity index (χ1v) is 7.97. The summed E-state index contributed by atoms with van der Waals surface area (Å²) in [5, 5.41) is 2.43. The van der Waals surface area contributed by atoms with E-state index in [1.807, 2.05) is 0 Å². The molecule has 3 nitrogen and oxygen atoms in total. The maximum absolute atomic E-state index is 5.53. The Balaban J connectivity index is 2.18. The summed E-state index contributed by atoms with van der Waals surface area (Å²) < 4.78 is 4.04. The van der Waals surface area contributed by atoms with Crippen LogP contribution in [0.25, 0.3) is 11.0 Å². The highest BCUT2D eigenvalue weighted by molar-refractivity contribution is 9.10. The second kappa shape index (κ2) is 4.94. The van der Waals surface area contributed by atoms with E-state index >= 15 is 0 Å². The lowest BCUT2D eigenvalue weighted by Gasteiger charge is -2.41. The van der Waals surface area contributed by atoms with E-state index in [4.69, 9.17) is 12.2 Å². The predicted octanol–water partition coefficient (Wildman–Crippen LogP) is 4.36. The number of fused-ring (bicyclic) bond motifs is 1. The van der Waals surface area contributed by atoms with Gasteiger partial charge in [0, 0.05) is 16.6 Å². The molecule has 0 saturated carbocycles. The SMILES string of the molecule is CC1CCCC(C)N1n1c(=S)[nH]c2cc(Br)ccc21. The van der Waals surface area contributed by atoms with Gasteiger partial charge in [-0.1, -0.05) is 15.9 Å². The minimum atomic E-state index is 0.526. The van der Waals surface area contributed by atoms with Crippen molar-refractivity contribution in [2.75, 3.05) is 5.01 Å². The molecule has 2 unspecified atom stereocenters. The van der Waals surface area contributed by atoms with Crippen LogP contribution >= 0.6 is 28.1 Å². The van der Waals surface area contributed by atoms with Gasteiger partial charge in [-0.25, -0.2) is 4.68 Å². The van der Waals surface area contributed by atoms with Gasteiger partial charge >= 0.3 is 0 Å². The number of aromatic nitrogens is 2. The van der Waals surface area contributed by atoms with Crippen molar-refractivity contribution in [2.45, 2.75) is 45.2 Å². The first kappa shape index (κ1) is 13.2. The number of hydrogen-bond acceptors (Lipinski definition) is 2. The van der Waals surface area contributed by atoms with E-state index in [-0.39, 0.29) is 0 Å². The number of piperidine rings is 1. The summed E-state index contributed by atoms with van der Waals surface area (Å²) in [5.74, 6) is 0. The van der Waals surface area contributed by atoms with Crippen molar-refractivity contribution in [1.82, 2.24) is 9.66 Å². The molecule has 2 atom stereocenters. The summed E-state index contributed by atoms with van der Waals surface area (Å²) in [7, 11) is 0. The third kappa shape index (κ3) is 2.23. The lowest BCUT2D eigenvalue weighted by Crippen LogP contribution is -2.50. The summed E-state index contributed by atoms with van der Waals surface area (Å²) in [6, 6.07) is 7.33. The largest absolute Gasteiger partial charge is 0.329 e. The smallest absolute Gasteiger partial charge is 0.197 e. The molecule has 0 radical (unpaired) electrons. The Morgan fingerprint density at radius 3 is 2.63 bits per heavy atom. The second-order valence-corrected chi connectivity index (χ2v) is 6.71. The molecule has 0 bridgehead atoms. The molecule has 2 heterocycles. The van der Waals surface area contributed by atoms with Crippen LogP contribution in [0, 0.1) is 4.77 Å². The number of nitrogens with one attached hydrogen (secondary N) is 1. The molecular formula is C14H18BrN3S. The van der Waals surface area contributed by atoms with Crippen molar-refractivity contribution in [3.05, 3.63) is 27.4 Å². The molecule has 102 valence electrons. The van der Waals surface area contributed by atoms with Crippen molar-refractivity contribution in [3.63, 3.8) is 0 Å². The Morgan fingerprint density at radius 1 is 1.26 bits per heavy atom. The van der Waals surface area contributed by atoms with Gasteiger partial charge in [0.25, 0.3) is 0 Å². The summed E-state index contributed by atoms with van der Waals surface area (Å²) >= 11 is 9.04. The minimum Gasteiger partial charge on any atom is -0.329 e. The van der Waals surface area contributed by atoms with Crippen LogP contribution in [0.15, 0.2) is 22.7 Å². The van der Waals surface area contributed by atoms with Crippen LogP contribution in [0.1, 0.15) is 33.1 Å². The second-order valence-electron chi connectivity index (χ2n) is 5.41. The fourth-order valence-corrected chi connectivity index (χ4v) is 3.77. The number of halogens is 1. The van der Waals surface area contributed by atoms with Gasteiger partial charge in [-0.2, -0.15) is 0 Å². The first-order valence-electron chi connectivity index (χ1n) is 6.77. The van der Waals surface area contributed by atoms with Crippen LogP contribution in [-0.2, 0) is 0 Å². The van der Waals surface area contributed by atoms with E-state index in [2.05, 4.69) is 62.6 Å². The minimum absolute atomic E-state index is 0.526. The lowest BCUT2D eigenvalue weighted by atomic mass is 10.00. The molecule has 1 aliphatic heterocycles. The molecule has 19 heavy (non-hydrogen) atoms. The molecule has 0 aliphatic carbocycles. The maximum Gasteiger partial charge on any atom is 0.197 e.